The minimum atomic E-state index is -3.79. The van der Waals surface area contributed by atoms with Gasteiger partial charge < -0.3 is 0 Å². The number of hydrogen-bond donors (Lipinski definition) is 0. The van der Waals surface area contributed by atoms with Crippen LogP contribution in [0.1, 0.15) is 11.3 Å². The highest BCUT2D eigenvalue weighted by atomic mass is 32.2. The van der Waals surface area contributed by atoms with Crippen LogP contribution >= 0.6 is 0 Å². The third-order valence-corrected chi connectivity index (χ3v) is 5.74. The number of aromatic nitrogens is 4. The summed E-state index contributed by atoms with van der Waals surface area (Å²) in [5.74, 6) is 0. The maximum atomic E-state index is 12.9. The highest BCUT2D eigenvalue weighted by Gasteiger charge is 2.21. The van der Waals surface area contributed by atoms with Gasteiger partial charge in [0.05, 0.1) is 11.1 Å². The van der Waals surface area contributed by atoms with Crippen molar-refractivity contribution in [3.63, 3.8) is 0 Å². The predicted molar refractivity (Wildman–Crippen MR) is 99.3 cm³/mol. The van der Waals surface area contributed by atoms with Crippen LogP contribution in [0.25, 0.3) is 22.2 Å². The molecule has 0 fully saturated rings. The second-order valence-corrected chi connectivity index (χ2v) is 7.90. The summed E-state index contributed by atoms with van der Waals surface area (Å²) in [6, 6.07) is 12.4. The highest BCUT2D eigenvalue weighted by molar-refractivity contribution is 7.90. The topological polar surface area (TPSA) is 77.7 Å². The molecule has 0 saturated heterocycles. The molecule has 0 radical (unpaired) electrons. The first-order valence-corrected chi connectivity index (χ1v) is 9.48. The Morgan fingerprint density at radius 3 is 2.38 bits per heavy atom. The Labute approximate surface area is 151 Å². The van der Waals surface area contributed by atoms with E-state index in [9.17, 15) is 8.42 Å². The molecule has 0 N–H and O–H groups in total. The van der Waals surface area contributed by atoms with Gasteiger partial charge in [-0.15, -0.1) is 4.09 Å². The average Bonchev–Trinajstić information content (AvgIpc) is 3.06. The summed E-state index contributed by atoms with van der Waals surface area (Å²) in [5, 5.41) is 4.73. The van der Waals surface area contributed by atoms with Crippen molar-refractivity contribution < 1.29 is 8.42 Å². The molecule has 0 saturated carbocycles. The van der Waals surface area contributed by atoms with E-state index >= 15 is 0 Å². The molecule has 6 nitrogen and oxygen atoms in total. The Hall–Kier alpha value is -3.06. The normalized spacial score (nSPS) is 11.8. The maximum Gasteiger partial charge on any atom is 0.284 e. The molecule has 0 unspecified atom stereocenters. The Morgan fingerprint density at radius 2 is 1.65 bits per heavy atom. The number of aryl methyl sites for hydroxylation is 2. The zero-order valence-corrected chi connectivity index (χ0v) is 15.1. The fourth-order valence-electron chi connectivity index (χ4n) is 2.77. The molecule has 3 heterocycles. The van der Waals surface area contributed by atoms with Crippen LogP contribution in [0.4, 0.5) is 0 Å². The lowest BCUT2D eigenvalue weighted by Gasteiger charge is -2.06. The Morgan fingerprint density at radius 1 is 0.885 bits per heavy atom. The minimum absolute atomic E-state index is 0.184. The quantitative estimate of drug-likeness (QED) is 0.557. The first kappa shape index (κ1) is 16.4. The third-order valence-electron chi connectivity index (χ3n) is 4.15. The minimum Gasteiger partial charge on any atom is -0.262 e. The summed E-state index contributed by atoms with van der Waals surface area (Å²) in [6.07, 6.45) is 4.91. The summed E-state index contributed by atoms with van der Waals surface area (Å²) in [6.45, 7) is 3.82. The van der Waals surface area contributed by atoms with Crippen molar-refractivity contribution in [2.75, 3.05) is 0 Å². The van der Waals surface area contributed by atoms with Gasteiger partial charge in [0.1, 0.15) is 0 Å². The largest absolute Gasteiger partial charge is 0.284 e. The van der Waals surface area contributed by atoms with Crippen molar-refractivity contribution in [2.24, 2.45) is 0 Å². The maximum absolute atomic E-state index is 12.9. The Balaban J connectivity index is 1.82. The van der Waals surface area contributed by atoms with Gasteiger partial charge in [0.15, 0.2) is 5.65 Å². The third kappa shape index (κ3) is 2.76. The molecule has 7 heteroatoms. The van der Waals surface area contributed by atoms with E-state index in [4.69, 9.17) is 0 Å². The molecular formula is C19H16N4O2S. The van der Waals surface area contributed by atoms with Gasteiger partial charge in [-0.2, -0.15) is 13.5 Å². The Kier molecular flexibility index (Phi) is 3.81. The summed E-state index contributed by atoms with van der Waals surface area (Å²) in [7, 11) is -3.79. The number of hydrogen-bond acceptors (Lipinski definition) is 5. The van der Waals surface area contributed by atoms with E-state index in [-0.39, 0.29) is 4.90 Å². The van der Waals surface area contributed by atoms with Crippen LogP contribution in [0.15, 0.2) is 66.0 Å². The molecule has 0 aliphatic rings. The molecule has 0 aliphatic carbocycles. The first-order chi connectivity index (χ1) is 12.4. The van der Waals surface area contributed by atoms with Crippen molar-refractivity contribution in [3.05, 3.63) is 72.3 Å². The molecule has 1 aromatic carbocycles. The van der Waals surface area contributed by atoms with Crippen LogP contribution in [0.5, 0.6) is 0 Å². The van der Waals surface area contributed by atoms with Crippen LogP contribution in [-0.4, -0.2) is 27.6 Å². The zero-order valence-electron chi connectivity index (χ0n) is 14.3. The van der Waals surface area contributed by atoms with E-state index < -0.39 is 10.0 Å². The van der Waals surface area contributed by atoms with Gasteiger partial charge in [-0.3, -0.25) is 4.98 Å². The van der Waals surface area contributed by atoms with Crippen molar-refractivity contribution in [1.82, 2.24) is 19.2 Å². The standard InChI is InChI=1S/C19H16N4O2S/c1-13-3-5-18(6-4-13)26(24,25)23-19-17(12-22-23)10-16(11-21-19)15-7-8-20-14(2)9-15/h3-12H,1-2H3. The molecule has 3 aromatic heterocycles. The van der Waals surface area contributed by atoms with E-state index in [1.807, 2.05) is 32.0 Å². The zero-order chi connectivity index (χ0) is 18.3. The average molecular weight is 364 g/mol. The summed E-state index contributed by atoms with van der Waals surface area (Å²) in [5.41, 5.74) is 4.06. The van der Waals surface area contributed by atoms with E-state index in [0.29, 0.717) is 11.0 Å². The Bertz CT molecular complexity index is 1210. The predicted octanol–water partition coefficient (Wildman–Crippen LogP) is 3.35. The van der Waals surface area contributed by atoms with Gasteiger partial charge >= 0.3 is 0 Å². The second-order valence-electron chi connectivity index (χ2n) is 6.13. The van der Waals surface area contributed by atoms with Gasteiger partial charge in [0.2, 0.25) is 0 Å². The van der Waals surface area contributed by atoms with Crippen LogP contribution in [0, 0.1) is 13.8 Å². The van der Waals surface area contributed by atoms with Crippen molar-refractivity contribution in [2.45, 2.75) is 18.7 Å². The molecule has 0 aliphatic heterocycles. The number of rotatable bonds is 3. The van der Waals surface area contributed by atoms with E-state index in [1.165, 1.54) is 6.20 Å². The number of fused-ring (bicyclic) bond motifs is 1. The van der Waals surface area contributed by atoms with Crippen LogP contribution in [0.2, 0.25) is 0 Å². The molecule has 4 rings (SSSR count). The first-order valence-electron chi connectivity index (χ1n) is 8.04. The number of benzene rings is 1. The lowest BCUT2D eigenvalue weighted by Crippen LogP contribution is -2.14. The van der Waals surface area contributed by atoms with Crippen LogP contribution in [0.3, 0.4) is 0 Å². The smallest absolute Gasteiger partial charge is 0.262 e. The fraction of sp³-hybridized carbons (Fsp3) is 0.105. The van der Waals surface area contributed by atoms with E-state index in [0.717, 1.165) is 26.5 Å². The van der Waals surface area contributed by atoms with Crippen LogP contribution in [-0.2, 0) is 10.0 Å². The fourth-order valence-corrected chi connectivity index (χ4v) is 4.00. The SMILES string of the molecule is Cc1ccc(S(=O)(=O)n2ncc3cc(-c4ccnc(C)c4)cnc32)cc1. The van der Waals surface area contributed by atoms with E-state index in [1.54, 1.807) is 36.7 Å². The molecular weight excluding hydrogens is 348 g/mol. The lowest BCUT2D eigenvalue weighted by molar-refractivity contribution is 0.582. The number of pyridine rings is 2. The molecule has 4 aromatic rings. The van der Waals surface area contributed by atoms with Gasteiger partial charge in [0, 0.05) is 29.0 Å². The van der Waals surface area contributed by atoms with Crippen molar-refractivity contribution >= 4 is 21.1 Å². The molecule has 26 heavy (non-hydrogen) atoms. The monoisotopic (exact) mass is 364 g/mol. The summed E-state index contributed by atoms with van der Waals surface area (Å²) < 4.78 is 26.7. The van der Waals surface area contributed by atoms with Crippen LogP contribution < -0.4 is 0 Å². The molecule has 0 spiro atoms. The number of nitrogens with zero attached hydrogens (tertiary/aromatic N) is 4. The molecule has 0 bridgehead atoms. The van der Waals surface area contributed by atoms with E-state index in [2.05, 4.69) is 15.1 Å². The van der Waals surface area contributed by atoms with Gasteiger partial charge in [-0.05, 0) is 49.7 Å². The van der Waals surface area contributed by atoms with Gasteiger partial charge in [0.25, 0.3) is 10.0 Å². The molecule has 0 amide bonds. The second kappa shape index (κ2) is 6.03. The van der Waals surface area contributed by atoms with Crippen molar-refractivity contribution in [1.29, 1.82) is 0 Å². The molecule has 130 valence electrons. The summed E-state index contributed by atoms with van der Waals surface area (Å²) in [4.78, 5) is 8.73. The summed E-state index contributed by atoms with van der Waals surface area (Å²) >= 11 is 0. The lowest BCUT2D eigenvalue weighted by atomic mass is 10.1. The van der Waals surface area contributed by atoms with Crippen molar-refractivity contribution in [3.8, 4) is 11.1 Å². The molecule has 0 atom stereocenters. The highest BCUT2D eigenvalue weighted by Crippen LogP contribution is 2.25. The van der Waals surface area contributed by atoms with Gasteiger partial charge in [-0.25, -0.2) is 4.98 Å². The van der Waals surface area contributed by atoms with Gasteiger partial charge in [-0.1, -0.05) is 17.7 Å².